The normalized spacial score (nSPS) is 36.1. The molecule has 1 aromatic carbocycles. The van der Waals surface area contributed by atoms with E-state index in [0.29, 0.717) is 0 Å². The molecular formula is C15H21BrO. The van der Waals surface area contributed by atoms with Crippen molar-refractivity contribution >= 4 is 15.9 Å². The second kappa shape index (κ2) is 4.10. The fraction of sp³-hybridized carbons (Fsp3) is 0.600. The first-order chi connectivity index (χ1) is 7.79. The van der Waals surface area contributed by atoms with Gasteiger partial charge < -0.3 is 5.11 Å². The Labute approximate surface area is 112 Å². The van der Waals surface area contributed by atoms with E-state index in [9.17, 15) is 5.11 Å². The molecule has 0 aromatic heterocycles. The monoisotopic (exact) mass is 296 g/mol. The molecule has 1 aliphatic rings. The number of hydrogen-bond acceptors (Lipinski definition) is 1. The average molecular weight is 297 g/mol. The first-order valence-corrected chi connectivity index (χ1v) is 7.10. The maximum atomic E-state index is 10.1. The van der Waals surface area contributed by atoms with Gasteiger partial charge in [0.2, 0.25) is 0 Å². The zero-order valence-electron chi connectivity index (χ0n) is 11.0. The number of aliphatic hydroxyl groups is 1. The van der Waals surface area contributed by atoms with Gasteiger partial charge in [0.15, 0.2) is 0 Å². The van der Waals surface area contributed by atoms with Gasteiger partial charge in [0, 0.05) is 10.2 Å². The van der Waals surface area contributed by atoms with Crippen molar-refractivity contribution in [1.29, 1.82) is 0 Å². The molecule has 0 saturated heterocycles. The van der Waals surface area contributed by atoms with E-state index in [1.54, 1.807) is 0 Å². The summed E-state index contributed by atoms with van der Waals surface area (Å²) in [6.45, 7) is 8.85. The van der Waals surface area contributed by atoms with Crippen LogP contribution >= 0.6 is 15.9 Å². The Morgan fingerprint density at radius 1 is 1.18 bits per heavy atom. The molecule has 2 heteroatoms. The van der Waals surface area contributed by atoms with E-state index in [0.717, 1.165) is 6.42 Å². The molecule has 0 heterocycles. The highest BCUT2D eigenvalue weighted by Gasteiger charge is 2.55. The van der Waals surface area contributed by atoms with Crippen LogP contribution in [0.3, 0.4) is 0 Å². The molecule has 0 bridgehead atoms. The van der Waals surface area contributed by atoms with E-state index in [1.807, 2.05) is 0 Å². The molecule has 2 rings (SSSR count). The van der Waals surface area contributed by atoms with Crippen molar-refractivity contribution in [2.45, 2.75) is 50.5 Å². The molecule has 0 aliphatic heterocycles. The second-order valence-corrected chi connectivity index (χ2v) is 7.08. The van der Waals surface area contributed by atoms with Gasteiger partial charge >= 0.3 is 0 Å². The van der Waals surface area contributed by atoms with Crippen LogP contribution in [0.4, 0.5) is 0 Å². The summed E-state index contributed by atoms with van der Waals surface area (Å²) in [5.41, 5.74) is 2.67. The van der Waals surface area contributed by atoms with E-state index < -0.39 is 0 Å². The summed E-state index contributed by atoms with van der Waals surface area (Å²) in [6.07, 6.45) is 0.551. The zero-order valence-corrected chi connectivity index (χ0v) is 12.6. The smallest absolute Gasteiger partial charge is 0.0679 e. The van der Waals surface area contributed by atoms with Crippen molar-refractivity contribution in [2.75, 3.05) is 0 Å². The summed E-state index contributed by atoms with van der Waals surface area (Å²) in [7, 11) is 0. The average Bonchev–Trinajstić information content (AvgIpc) is 2.42. The highest BCUT2D eigenvalue weighted by Crippen LogP contribution is 2.56. The Balaban J connectivity index is 2.46. The van der Waals surface area contributed by atoms with Crippen molar-refractivity contribution in [2.24, 2.45) is 5.41 Å². The lowest BCUT2D eigenvalue weighted by Crippen LogP contribution is -2.38. The number of aliphatic hydroxyl groups excluding tert-OH is 1. The summed E-state index contributed by atoms with van der Waals surface area (Å²) < 4.78 is 0. The van der Waals surface area contributed by atoms with Crippen LogP contribution in [-0.2, 0) is 5.41 Å². The second-order valence-electron chi connectivity index (χ2n) is 6.09. The number of benzene rings is 1. The first kappa shape index (κ1) is 13.1. The van der Waals surface area contributed by atoms with Crippen LogP contribution in [-0.4, -0.2) is 16.0 Å². The first-order valence-electron chi connectivity index (χ1n) is 6.18. The minimum atomic E-state index is -0.267. The van der Waals surface area contributed by atoms with Gasteiger partial charge in [-0.05, 0) is 24.3 Å². The van der Waals surface area contributed by atoms with Crippen LogP contribution < -0.4 is 0 Å². The van der Waals surface area contributed by atoms with E-state index >= 15 is 0 Å². The molecule has 1 fully saturated rings. The van der Waals surface area contributed by atoms with Crippen LogP contribution in [0.2, 0.25) is 0 Å². The van der Waals surface area contributed by atoms with Crippen molar-refractivity contribution in [3.63, 3.8) is 0 Å². The standard InChI is InChI=1S/C15H21BrO/c1-10-5-7-11(8-6-10)15(4)9-12(17)13(16)14(15,2)3/h5-8,12-13,17H,9H2,1-4H3. The number of aryl methyl sites for hydroxylation is 1. The lowest BCUT2D eigenvalue weighted by Gasteiger charge is -2.40. The molecule has 1 aromatic rings. The number of alkyl halides is 1. The Kier molecular flexibility index (Phi) is 3.16. The van der Waals surface area contributed by atoms with E-state index in [2.05, 4.69) is 67.9 Å². The highest BCUT2D eigenvalue weighted by atomic mass is 79.9. The van der Waals surface area contributed by atoms with E-state index in [-0.39, 0.29) is 21.8 Å². The Hall–Kier alpha value is -0.340. The molecule has 0 radical (unpaired) electrons. The van der Waals surface area contributed by atoms with Gasteiger partial charge in [-0.25, -0.2) is 0 Å². The van der Waals surface area contributed by atoms with Gasteiger partial charge in [0.25, 0.3) is 0 Å². The van der Waals surface area contributed by atoms with Crippen molar-refractivity contribution in [1.82, 2.24) is 0 Å². The van der Waals surface area contributed by atoms with Crippen LogP contribution in [0.15, 0.2) is 24.3 Å². The maximum Gasteiger partial charge on any atom is 0.0679 e. The maximum absolute atomic E-state index is 10.1. The third-order valence-corrected chi connectivity index (χ3v) is 6.51. The Bertz CT molecular complexity index is 409. The highest BCUT2D eigenvalue weighted by molar-refractivity contribution is 9.09. The summed E-state index contributed by atoms with van der Waals surface area (Å²) in [5, 5.41) is 10.1. The molecule has 17 heavy (non-hydrogen) atoms. The fourth-order valence-corrected chi connectivity index (χ4v) is 3.67. The third-order valence-electron chi connectivity index (χ3n) is 4.76. The summed E-state index contributed by atoms with van der Waals surface area (Å²) in [5.74, 6) is 0. The van der Waals surface area contributed by atoms with Gasteiger partial charge in [-0.1, -0.05) is 66.5 Å². The van der Waals surface area contributed by atoms with Gasteiger partial charge in [0.05, 0.1) is 6.10 Å². The van der Waals surface area contributed by atoms with E-state index in [4.69, 9.17) is 0 Å². The van der Waals surface area contributed by atoms with E-state index in [1.165, 1.54) is 11.1 Å². The molecule has 0 amide bonds. The van der Waals surface area contributed by atoms with Crippen molar-refractivity contribution < 1.29 is 5.11 Å². The summed E-state index contributed by atoms with van der Waals surface area (Å²) >= 11 is 3.66. The predicted octanol–water partition coefficient (Wildman–Crippen LogP) is 3.81. The fourth-order valence-electron chi connectivity index (χ4n) is 2.98. The van der Waals surface area contributed by atoms with Crippen molar-refractivity contribution in [3.8, 4) is 0 Å². The lowest BCUT2D eigenvalue weighted by atomic mass is 9.65. The number of rotatable bonds is 1. The minimum absolute atomic E-state index is 0.0221. The molecule has 1 nitrogen and oxygen atoms in total. The molecule has 1 N–H and O–H groups in total. The largest absolute Gasteiger partial charge is 0.392 e. The van der Waals surface area contributed by atoms with Crippen molar-refractivity contribution in [3.05, 3.63) is 35.4 Å². The predicted molar refractivity (Wildman–Crippen MR) is 75.7 cm³/mol. The zero-order chi connectivity index (χ0) is 12.8. The summed E-state index contributed by atoms with van der Waals surface area (Å²) in [6, 6.07) is 8.72. The van der Waals surface area contributed by atoms with Gasteiger partial charge in [0.1, 0.15) is 0 Å². The molecule has 94 valence electrons. The Morgan fingerprint density at radius 2 is 1.71 bits per heavy atom. The quantitative estimate of drug-likeness (QED) is 0.782. The van der Waals surface area contributed by atoms with Gasteiger partial charge in [-0.15, -0.1) is 0 Å². The molecular weight excluding hydrogens is 276 g/mol. The topological polar surface area (TPSA) is 20.2 Å². The molecule has 3 unspecified atom stereocenters. The number of hydrogen-bond donors (Lipinski definition) is 1. The molecule has 1 saturated carbocycles. The SMILES string of the molecule is Cc1ccc(C2(C)CC(O)C(Br)C2(C)C)cc1. The molecule has 0 spiro atoms. The molecule has 3 atom stereocenters. The van der Waals surface area contributed by atoms with Crippen LogP contribution in [0.5, 0.6) is 0 Å². The summed E-state index contributed by atoms with van der Waals surface area (Å²) in [4.78, 5) is 0.154. The minimum Gasteiger partial charge on any atom is -0.392 e. The lowest BCUT2D eigenvalue weighted by molar-refractivity contribution is 0.177. The van der Waals surface area contributed by atoms with Crippen LogP contribution in [0.1, 0.15) is 38.3 Å². The van der Waals surface area contributed by atoms with Crippen LogP contribution in [0.25, 0.3) is 0 Å². The number of halogens is 1. The van der Waals surface area contributed by atoms with Gasteiger partial charge in [-0.2, -0.15) is 0 Å². The van der Waals surface area contributed by atoms with Crippen LogP contribution in [0, 0.1) is 12.3 Å². The molecule has 1 aliphatic carbocycles. The van der Waals surface area contributed by atoms with Gasteiger partial charge in [-0.3, -0.25) is 0 Å². The third kappa shape index (κ3) is 1.86. The Morgan fingerprint density at radius 3 is 2.12 bits per heavy atom.